The molecule has 1 amide bonds. The highest BCUT2D eigenvalue weighted by atomic mass is 35.5. The van der Waals surface area contributed by atoms with Crippen LogP contribution in [0.25, 0.3) is 0 Å². The Bertz CT molecular complexity index is 764. The lowest BCUT2D eigenvalue weighted by atomic mass is 10.2. The van der Waals surface area contributed by atoms with Crippen LogP contribution >= 0.6 is 11.6 Å². The average molecular weight is 314 g/mol. The van der Waals surface area contributed by atoms with Crippen LogP contribution < -0.4 is 5.32 Å². The Morgan fingerprint density at radius 2 is 1.95 bits per heavy atom. The number of hydrogen-bond donors (Lipinski definition) is 1. The number of nitrogens with one attached hydrogen (secondary N) is 1. The van der Waals surface area contributed by atoms with Gasteiger partial charge in [-0.25, -0.2) is 8.42 Å². The molecule has 0 saturated carbocycles. The van der Waals surface area contributed by atoms with Gasteiger partial charge >= 0.3 is 0 Å². The van der Waals surface area contributed by atoms with Crippen LogP contribution in [0.5, 0.6) is 0 Å². The van der Waals surface area contributed by atoms with Gasteiger partial charge in [0.25, 0.3) is 5.91 Å². The topological polar surface area (TPSA) is 76.4 Å². The quantitative estimate of drug-likeness (QED) is 0.945. The lowest BCUT2D eigenvalue weighted by Gasteiger charge is -2.09. The molecule has 0 radical (unpaired) electrons. The van der Waals surface area contributed by atoms with E-state index in [0.29, 0.717) is 5.69 Å². The van der Waals surface area contributed by atoms with Crippen molar-refractivity contribution in [3.63, 3.8) is 0 Å². The summed E-state index contributed by atoms with van der Waals surface area (Å²) >= 11 is 5.60. The molecule has 0 aliphatic heterocycles. The number of halogens is 1. The second kappa shape index (κ2) is 5.30. The Kier molecular flexibility index (Phi) is 3.87. The third-order valence-electron chi connectivity index (χ3n) is 2.68. The first-order valence-corrected chi connectivity index (χ1v) is 7.92. The van der Waals surface area contributed by atoms with Gasteiger partial charge < -0.3 is 9.73 Å². The molecule has 0 atom stereocenters. The monoisotopic (exact) mass is 313 g/mol. The van der Waals surface area contributed by atoms with Crippen LogP contribution in [0.3, 0.4) is 0 Å². The van der Waals surface area contributed by atoms with E-state index in [-0.39, 0.29) is 15.9 Å². The van der Waals surface area contributed by atoms with Gasteiger partial charge in [0.05, 0.1) is 4.90 Å². The number of carbonyl (C=O) groups excluding carboxylic acids is 1. The minimum atomic E-state index is -3.33. The Labute approximate surface area is 121 Å². The summed E-state index contributed by atoms with van der Waals surface area (Å²) in [6.45, 7) is 1.76. The third kappa shape index (κ3) is 3.20. The molecule has 0 bridgehead atoms. The maximum atomic E-state index is 11.9. The average Bonchev–Trinajstić information content (AvgIpc) is 2.77. The van der Waals surface area contributed by atoms with Crippen molar-refractivity contribution in [2.75, 3.05) is 11.6 Å². The van der Waals surface area contributed by atoms with E-state index in [4.69, 9.17) is 16.0 Å². The van der Waals surface area contributed by atoms with E-state index in [1.807, 2.05) is 0 Å². The molecule has 5 nitrogen and oxygen atoms in total. The fourth-order valence-electron chi connectivity index (χ4n) is 1.59. The summed E-state index contributed by atoms with van der Waals surface area (Å²) in [4.78, 5) is 12.1. The molecule has 1 N–H and O–H groups in total. The Balaban J connectivity index is 2.31. The third-order valence-corrected chi connectivity index (χ3v) is 4.00. The molecular formula is C13H12ClNO4S. The largest absolute Gasteiger partial charge is 0.440 e. The van der Waals surface area contributed by atoms with Crippen LogP contribution in [-0.2, 0) is 9.84 Å². The zero-order valence-corrected chi connectivity index (χ0v) is 12.4. The first kappa shape index (κ1) is 14.6. The SMILES string of the molecule is Cc1ccc(S(C)(=O)=O)cc1NC(=O)c1ccc(Cl)o1. The minimum Gasteiger partial charge on any atom is -0.440 e. The second-order valence-corrected chi connectivity index (χ2v) is 6.70. The van der Waals surface area contributed by atoms with Crippen molar-refractivity contribution in [2.45, 2.75) is 11.8 Å². The van der Waals surface area contributed by atoms with Crippen molar-refractivity contribution < 1.29 is 17.6 Å². The standard InChI is InChI=1S/C13H12ClNO4S/c1-8-3-4-9(20(2,17)18)7-10(8)15-13(16)11-5-6-12(14)19-11/h3-7H,1-2H3,(H,15,16). The van der Waals surface area contributed by atoms with Crippen molar-refractivity contribution in [2.24, 2.45) is 0 Å². The highest BCUT2D eigenvalue weighted by Crippen LogP contribution is 2.21. The number of aryl methyl sites for hydroxylation is 1. The van der Waals surface area contributed by atoms with Crippen LogP contribution in [0.2, 0.25) is 5.22 Å². The van der Waals surface area contributed by atoms with Gasteiger partial charge in [-0.2, -0.15) is 0 Å². The van der Waals surface area contributed by atoms with Crippen LogP contribution in [0, 0.1) is 6.92 Å². The summed E-state index contributed by atoms with van der Waals surface area (Å²) in [6.07, 6.45) is 1.11. The molecule has 0 spiro atoms. The van der Waals surface area contributed by atoms with Crippen LogP contribution in [0.1, 0.15) is 16.1 Å². The van der Waals surface area contributed by atoms with Gasteiger partial charge in [0.1, 0.15) is 0 Å². The molecule has 106 valence electrons. The van der Waals surface area contributed by atoms with E-state index in [9.17, 15) is 13.2 Å². The number of carbonyl (C=O) groups is 1. The fourth-order valence-corrected chi connectivity index (χ4v) is 2.38. The summed E-state index contributed by atoms with van der Waals surface area (Å²) in [5, 5.41) is 2.70. The lowest BCUT2D eigenvalue weighted by Crippen LogP contribution is -2.12. The summed E-state index contributed by atoms with van der Waals surface area (Å²) in [5.74, 6) is -0.440. The number of sulfone groups is 1. The maximum Gasteiger partial charge on any atom is 0.291 e. The van der Waals surface area contributed by atoms with Crippen molar-refractivity contribution >= 4 is 33.0 Å². The molecule has 2 rings (SSSR count). The van der Waals surface area contributed by atoms with Gasteiger partial charge in [-0.15, -0.1) is 0 Å². The number of furan rings is 1. The van der Waals surface area contributed by atoms with Gasteiger partial charge in [0, 0.05) is 11.9 Å². The Morgan fingerprint density at radius 1 is 1.25 bits per heavy atom. The van der Waals surface area contributed by atoms with Gasteiger partial charge in [-0.1, -0.05) is 6.07 Å². The molecule has 1 aromatic carbocycles. The molecular weight excluding hydrogens is 302 g/mol. The summed E-state index contributed by atoms with van der Waals surface area (Å²) < 4.78 is 28.0. The molecule has 2 aromatic rings. The molecule has 0 aliphatic carbocycles. The molecule has 0 unspecified atom stereocenters. The molecule has 0 aliphatic rings. The Morgan fingerprint density at radius 3 is 2.50 bits per heavy atom. The van der Waals surface area contributed by atoms with Crippen LogP contribution in [0.4, 0.5) is 5.69 Å². The first-order valence-electron chi connectivity index (χ1n) is 5.65. The molecule has 20 heavy (non-hydrogen) atoms. The van der Waals surface area contributed by atoms with E-state index in [2.05, 4.69) is 5.32 Å². The van der Waals surface area contributed by atoms with Crippen molar-refractivity contribution in [3.05, 3.63) is 46.9 Å². The maximum absolute atomic E-state index is 11.9. The molecule has 1 heterocycles. The van der Waals surface area contributed by atoms with Gasteiger partial charge in [-0.05, 0) is 48.4 Å². The number of benzene rings is 1. The van der Waals surface area contributed by atoms with E-state index in [1.54, 1.807) is 13.0 Å². The number of anilines is 1. The Hall–Kier alpha value is -1.79. The predicted octanol–water partition coefficient (Wildman–Crippen LogP) is 2.90. The molecule has 7 heteroatoms. The van der Waals surface area contributed by atoms with Crippen LogP contribution in [0.15, 0.2) is 39.6 Å². The second-order valence-electron chi connectivity index (χ2n) is 4.31. The fraction of sp³-hybridized carbons (Fsp3) is 0.154. The number of amides is 1. The zero-order chi connectivity index (χ0) is 14.9. The van der Waals surface area contributed by atoms with E-state index in [0.717, 1.165) is 11.8 Å². The number of hydrogen-bond acceptors (Lipinski definition) is 4. The summed E-state index contributed by atoms with van der Waals surface area (Å²) in [5.41, 5.74) is 1.15. The van der Waals surface area contributed by atoms with E-state index < -0.39 is 15.7 Å². The smallest absolute Gasteiger partial charge is 0.291 e. The van der Waals surface area contributed by atoms with E-state index in [1.165, 1.54) is 24.3 Å². The van der Waals surface area contributed by atoms with Crippen molar-refractivity contribution in [3.8, 4) is 0 Å². The van der Waals surface area contributed by atoms with Crippen molar-refractivity contribution in [1.82, 2.24) is 0 Å². The summed E-state index contributed by atoms with van der Waals surface area (Å²) in [6, 6.07) is 7.42. The predicted molar refractivity (Wildman–Crippen MR) is 76.0 cm³/mol. The highest BCUT2D eigenvalue weighted by Gasteiger charge is 2.14. The molecule has 0 saturated heterocycles. The summed E-state index contributed by atoms with van der Waals surface area (Å²) in [7, 11) is -3.33. The highest BCUT2D eigenvalue weighted by molar-refractivity contribution is 7.90. The first-order chi connectivity index (χ1) is 9.27. The van der Waals surface area contributed by atoms with Crippen molar-refractivity contribution in [1.29, 1.82) is 0 Å². The molecule has 1 aromatic heterocycles. The number of rotatable bonds is 3. The normalized spacial score (nSPS) is 11.3. The minimum absolute atomic E-state index is 0.0548. The van der Waals surface area contributed by atoms with Gasteiger partial charge in [0.15, 0.2) is 20.8 Å². The van der Waals surface area contributed by atoms with E-state index >= 15 is 0 Å². The molecule has 0 fully saturated rings. The van der Waals surface area contributed by atoms with Gasteiger partial charge in [0.2, 0.25) is 0 Å². The van der Waals surface area contributed by atoms with Crippen LogP contribution in [-0.4, -0.2) is 20.6 Å². The van der Waals surface area contributed by atoms with Gasteiger partial charge in [-0.3, -0.25) is 4.79 Å². The zero-order valence-electron chi connectivity index (χ0n) is 10.8. The lowest BCUT2D eigenvalue weighted by molar-refractivity contribution is 0.0996.